The van der Waals surface area contributed by atoms with E-state index in [0.29, 0.717) is 25.7 Å². The fraction of sp³-hybridized carbons (Fsp3) is 0.942. The van der Waals surface area contributed by atoms with Gasteiger partial charge in [0.2, 0.25) is 23.6 Å². The molecule has 0 aromatic rings. The Kier molecular flexibility index (Phi) is 38.5. The van der Waals surface area contributed by atoms with Gasteiger partial charge in [-0.2, -0.15) is 33.7 Å². The lowest BCUT2D eigenvalue weighted by Gasteiger charge is -2.50. The van der Waals surface area contributed by atoms with Gasteiger partial charge in [-0.05, 0) is 32.6 Å². The second-order valence-electron chi connectivity index (χ2n) is 30.3. The highest BCUT2D eigenvalue weighted by Gasteiger charge is 2.56. The van der Waals surface area contributed by atoms with Gasteiger partial charge < -0.3 is 116 Å². The van der Waals surface area contributed by atoms with Crippen LogP contribution in [0.5, 0.6) is 0 Å². The van der Waals surface area contributed by atoms with Gasteiger partial charge in [-0.3, -0.25) is 37.4 Å². The van der Waals surface area contributed by atoms with E-state index in [9.17, 15) is 76.2 Å². The van der Waals surface area contributed by atoms with Crippen molar-refractivity contribution in [3.05, 3.63) is 0 Å². The minimum Gasteiger partial charge on any atom is -0.388 e. The zero-order chi connectivity index (χ0) is 86.0. The molecule has 8 unspecified atom stereocenters. The topological polar surface area (TPSA) is 566 Å². The molecule has 8 aliphatic heterocycles. The smallest absolute Gasteiger partial charge is 0.388 e. The lowest BCUT2D eigenvalue weighted by atomic mass is 9.85. The van der Waals surface area contributed by atoms with Crippen molar-refractivity contribution in [2.75, 3.05) is 81.3 Å². The van der Waals surface area contributed by atoms with Crippen LogP contribution in [-0.4, -0.2) is 334 Å². The first-order valence-electron chi connectivity index (χ1n) is 39.3. The molecule has 0 aromatic heterocycles. The Hall–Kier alpha value is -3.44. The summed E-state index contributed by atoms with van der Waals surface area (Å²) >= 11 is 0. The van der Waals surface area contributed by atoms with Gasteiger partial charge >= 0.3 is 41.6 Å². The minimum absolute atomic E-state index is 0.0215. The van der Waals surface area contributed by atoms with Crippen molar-refractivity contribution in [2.24, 2.45) is 23.7 Å². The molecule has 4 amide bonds. The van der Waals surface area contributed by atoms with Gasteiger partial charge in [0.1, 0.15) is 48.8 Å². The fourth-order valence-corrected chi connectivity index (χ4v) is 17.0. The SMILES string of the molecule is CCCC(=O)NC1[C@H](O[C@H]2CO[C@@H](O[C@@H]3C(COS(=O)(=O)O)O[C@@H](O[C@H]4CO[C@@H](O[C@@H]5C(COS(=O)(=O)O)O[C@@H](O[C@H]6CO[C@@H](O[C@@H]7C(COS(=O)(=O)O)O[C@@H](C)C(NC(=O)CCC)[C@H]7C)C[C@@H]6OC)C(NC(=O)CCC)[C@H]5C)C[C@@H]4OC)C(NC(=O)CCC)[C@H]3C)C[C@@H]2OC)OC(COS(=O)(=O)O)[C@@H](O[C@H]2C[C@H](OC)[C@H](O)CO2)[C@@H]1C. The molecular weight excluding hydrogens is 1650 g/mol. The first kappa shape index (κ1) is 99.0. The maximum Gasteiger partial charge on any atom is 0.397 e. The van der Waals surface area contributed by atoms with Gasteiger partial charge in [0.15, 0.2) is 44.0 Å². The molecule has 8 saturated heterocycles. The Bertz CT molecular complexity index is 3590. The van der Waals surface area contributed by atoms with Crippen LogP contribution in [0.1, 0.15) is 139 Å². The third kappa shape index (κ3) is 29.3. The molecule has 0 aromatic carbocycles. The molecule has 8 fully saturated rings. The number of methoxy groups -OCH3 is 4. The molecule has 48 heteroatoms. The lowest BCUT2D eigenvalue weighted by molar-refractivity contribution is -0.346. The average molecular weight is 1770 g/mol. The van der Waals surface area contributed by atoms with E-state index in [-0.39, 0.29) is 83.7 Å². The number of aliphatic hydroxyl groups is 1. The van der Waals surface area contributed by atoms with E-state index in [1.165, 1.54) is 28.4 Å². The molecule has 9 N–H and O–H groups in total. The van der Waals surface area contributed by atoms with Crippen molar-refractivity contribution in [3.63, 3.8) is 0 Å². The van der Waals surface area contributed by atoms with Crippen LogP contribution < -0.4 is 21.3 Å². The Morgan fingerprint density at radius 1 is 0.342 bits per heavy atom. The monoisotopic (exact) mass is 1770 g/mol. The van der Waals surface area contributed by atoms with E-state index in [4.69, 9.17) is 107 Å². The van der Waals surface area contributed by atoms with Crippen molar-refractivity contribution >= 4 is 65.2 Å². The highest BCUT2D eigenvalue weighted by molar-refractivity contribution is 7.81. The summed E-state index contributed by atoms with van der Waals surface area (Å²) < 4.78 is 275. The Balaban J connectivity index is 0.973. The highest BCUT2D eigenvalue weighted by atomic mass is 32.3. The fourth-order valence-electron chi connectivity index (χ4n) is 15.8. The Labute approximate surface area is 682 Å². The van der Waals surface area contributed by atoms with Crippen LogP contribution >= 0.6 is 0 Å². The number of nitrogens with one attached hydrogen (secondary N) is 4. The summed E-state index contributed by atoms with van der Waals surface area (Å²) in [4.78, 5) is 53.8. The van der Waals surface area contributed by atoms with Gasteiger partial charge in [0, 0.05) is 103 Å². The molecule has 44 nitrogen and oxygen atoms in total. The molecule has 0 bridgehead atoms. The van der Waals surface area contributed by atoms with Crippen LogP contribution in [0.25, 0.3) is 0 Å². The number of ether oxygens (including phenoxy) is 19. The molecule has 117 heavy (non-hydrogen) atoms. The van der Waals surface area contributed by atoms with Crippen LogP contribution in [0.15, 0.2) is 0 Å². The maximum absolute atomic E-state index is 13.8. The van der Waals surface area contributed by atoms with Crippen molar-refractivity contribution in [1.29, 1.82) is 0 Å². The summed E-state index contributed by atoms with van der Waals surface area (Å²) in [5, 5.41) is 22.3. The van der Waals surface area contributed by atoms with Crippen molar-refractivity contribution in [3.8, 4) is 0 Å². The second kappa shape index (κ2) is 45.5. The number of aliphatic hydroxyl groups excluding tert-OH is 1. The van der Waals surface area contributed by atoms with E-state index in [0.717, 1.165) is 0 Å². The summed E-state index contributed by atoms with van der Waals surface area (Å²) in [6.07, 6.45) is -25.4. The molecule has 0 saturated carbocycles. The van der Waals surface area contributed by atoms with Gasteiger partial charge in [-0.1, -0.05) is 55.4 Å². The number of carbonyl (C=O) groups excluding carboxylic acids is 4. The zero-order valence-corrected chi connectivity index (χ0v) is 71.0. The number of rotatable bonds is 42. The van der Waals surface area contributed by atoms with Gasteiger partial charge in [0.25, 0.3) is 0 Å². The average Bonchev–Trinajstić information content (AvgIpc) is 0.790. The largest absolute Gasteiger partial charge is 0.397 e. The zero-order valence-electron chi connectivity index (χ0n) is 67.8. The van der Waals surface area contributed by atoms with Crippen LogP contribution in [-0.2, 0) is 168 Å². The summed E-state index contributed by atoms with van der Waals surface area (Å²) in [5.74, 6) is -4.69. The van der Waals surface area contributed by atoms with E-state index in [2.05, 4.69) is 21.3 Å². The minimum atomic E-state index is -5.18. The van der Waals surface area contributed by atoms with Gasteiger partial charge in [-0.15, -0.1) is 0 Å². The Morgan fingerprint density at radius 3 is 0.838 bits per heavy atom. The summed E-state index contributed by atoms with van der Waals surface area (Å²) in [6.45, 7) is 11.2. The van der Waals surface area contributed by atoms with E-state index in [1.54, 1.807) is 55.4 Å². The molecule has 680 valence electrons. The van der Waals surface area contributed by atoms with Crippen molar-refractivity contribution in [1.82, 2.24) is 21.3 Å². The first-order chi connectivity index (χ1) is 55.2. The predicted octanol–water partition coefficient (Wildman–Crippen LogP) is 0.0129. The summed E-state index contributed by atoms with van der Waals surface area (Å²) in [6, 6.07) is -3.89. The molecule has 8 aliphatic rings. The third-order valence-electron chi connectivity index (χ3n) is 21.8. The third-order valence-corrected chi connectivity index (χ3v) is 23.5. The lowest BCUT2D eigenvalue weighted by Crippen LogP contribution is -2.65. The van der Waals surface area contributed by atoms with Crippen LogP contribution in [0.3, 0.4) is 0 Å². The second-order valence-corrected chi connectivity index (χ2v) is 34.6. The molecular formula is C69H120N4O40S4. The first-order valence-corrected chi connectivity index (χ1v) is 44.8. The van der Waals surface area contributed by atoms with Crippen LogP contribution in [0.2, 0.25) is 0 Å². The summed E-state index contributed by atoms with van der Waals surface area (Å²) in [7, 11) is -14.8. The van der Waals surface area contributed by atoms with Gasteiger partial charge in [-0.25, -0.2) is 16.7 Å². The molecule has 0 spiro atoms. The quantitative estimate of drug-likeness (QED) is 0.0364. The van der Waals surface area contributed by atoms with Crippen LogP contribution in [0.4, 0.5) is 0 Å². The molecule has 8 heterocycles. The molecule has 0 aliphatic carbocycles. The predicted molar refractivity (Wildman–Crippen MR) is 395 cm³/mol. The highest BCUT2D eigenvalue weighted by Crippen LogP contribution is 2.41. The maximum atomic E-state index is 13.8. The van der Waals surface area contributed by atoms with E-state index < -0.39 is 281 Å². The van der Waals surface area contributed by atoms with Crippen molar-refractivity contribution in [2.45, 2.75) is 311 Å². The molecule has 0 radical (unpaired) electrons. The number of carbonyl (C=O) groups is 4. The number of hydrogen-bond acceptors (Lipinski definition) is 36. The van der Waals surface area contributed by atoms with Crippen molar-refractivity contribution < 1.29 is 183 Å². The standard InChI is InChI=1S/C69H120N4O40S4/c1-14-18-51(75)70-59-34(5)63(47(103-38(59)9)30-99-114(79,80)81)111-56-23-41(92-11)44(27-96-56)104-68-61(72-53(77)20-16-3)36(7)65(49(108-68)32-101-116(85,86)87)113-58-25-43(94-13)46(29-98-58)106-69-62(73-54(78)21-17-4)37(8)66(50(109-69)33-102-117(88,89)90)112-57-24-42(93-12)45(28-97-57)105-67-60(71-52(76)19-15-2)35(6)64(48(107-67)31-100-115(82,83)84)110-55-22-40(91-10)39(74)26-95-55/h34-50,55-69,74H,14-33H2,1-13H3,(H,70,75)(H,71,76)(H,72,77)(H,73,78)(H,79,80,81)(H,82,83,84)(H,85,86,87)(H,88,89,90)/t34-,35-,36-,37-,38+,39-,40+,41+,42+,43+,44+,45+,46+,47?,48?,49?,50?,55+,56+,57+,58+,59?,60?,61?,62?,63+,64+,65+,66+,67-,68-,69-/m1/s1. The molecule has 8 rings (SSSR count). The number of amides is 4. The summed E-state index contributed by atoms with van der Waals surface area (Å²) in [5.41, 5.74) is 0. The van der Waals surface area contributed by atoms with Crippen LogP contribution in [0, 0.1) is 23.7 Å². The molecule has 32 atom stereocenters. The normalized spacial score (nSPS) is 38.8. The van der Waals surface area contributed by atoms with Gasteiger partial charge in [0.05, 0.1) is 132 Å². The van der Waals surface area contributed by atoms with E-state index in [1.807, 2.05) is 6.92 Å². The van der Waals surface area contributed by atoms with E-state index >= 15 is 0 Å². The Morgan fingerprint density at radius 2 is 0.581 bits per heavy atom. The number of hydrogen-bond donors (Lipinski definition) is 9.